The molecule has 0 saturated carbocycles. The third-order valence-corrected chi connectivity index (χ3v) is 15.8. The van der Waals surface area contributed by atoms with Gasteiger partial charge in [0.2, 0.25) is 11.8 Å². The maximum absolute atomic E-state index is 15.8. The van der Waals surface area contributed by atoms with E-state index in [9.17, 15) is 14.7 Å². The monoisotopic (exact) mass is 1110 g/mol. The Morgan fingerprint density at radius 2 is 1.76 bits per heavy atom. The minimum absolute atomic E-state index is 0.0859. The number of piperazine rings is 1. The number of hydrogen-bond acceptors (Lipinski definition) is 15. The number of pyridine rings is 1. The van der Waals surface area contributed by atoms with Crippen LogP contribution in [0.2, 0.25) is 10.0 Å². The number of methoxy groups -OCH3 is 1. The summed E-state index contributed by atoms with van der Waals surface area (Å²) in [4.78, 5) is 46.7. The first kappa shape index (κ1) is 55.3. The second-order valence-corrected chi connectivity index (χ2v) is 21.2. The van der Waals surface area contributed by atoms with Gasteiger partial charge in [0.25, 0.3) is 0 Å². The van der Waals surface area contributed by atoms with Crippen molar-refractivity contribution < 1.29 is 33.3 Å². The normalized spacial score (nSPS) is 19.4. The number of fused-ring (bicyclic) bond motifs is 4. The zero-order chi connectivity index (χ0) is 55.5. The van der Waals surface area contributed by atoms with Crippen molar-refractivity contribution in [1.82, 2.24) is 45.7 Å². The predicted octanol–water partition coefficient (Wildman–Crippen LogP) is 9.76. The van der Waals surface area contributed by atoms with E-state index in [-0.39, 0.29) is 55.6 Å². The SMILES string of the molecule is CC.COCCOc1nc(N2CC3CC2CN3)c2cc(Cl)c(-c3c(C)c(F)cc4[nH]ncc34)c(OCc3ccc(C4CN(C(C(=O)N5CCCC5C(=O)NC(CO)c5ccc(-c6ncccc6Cl)cc5)C(C)C)N=N4)cc3)c2n1. The molecule has 4 aliphatic heterocycles. The fourth-order valence-corrected chi connectivity index (χ4v) is 11.8. The van der Waals surface area contributed by atoms with Crippen LogP contribution >= 0.6 is 23.2 Å². The molecule has 3 saturated heterocycles. The topological polar surface area (TPSA) is 208 Å². The van der Waals surface area contributed by atoms with Gasteiger partial charge in [-0.3, -0.25) is 24.7 Å². The number of rotatable bonds is 18. The van der Waals surface area contributed by atoms with E-state index in [0.717, 1.165) is 36.2 Å². The van der Waals surface area contributed by atoms with E-state index in [1.54, 1.807) is 48.5 Å². The Labute approximate surface area is 468 Å². The lowest BCUT2D eigenvalue weighted by atomic mass is 9.94. The smallest absolute Gasteiger partial charge is 0.319 e. The van der Waals surface area contributed by atoms with Gasteiger partial charge in [0.15, 0.2) is 5.75 Å². The van der Waals surface area contributed by atoms with E-state index in [0.29, 0.717) is 110 Å². The molecule has 3 aromatic heterocycles. The predicted molar refractivity (Wildman–Crippen MR) is 302 cm³/mol. The Morgan fingerprint density at radius 1 is 0.962 bits per heavy atom. The van der Waals surface area contributed by atoms with Gasteiger partial charge < -0.3 is 39.8 Å². The standard InChI is InChI=1S/C56H59Cl2FN12O6.C2H6/c1-30(2)51(55(74)69-18-6-8-46(69)54(73)63-45(28-72)34-13-15-35(16-14-34)49-40(57)7-5-17-60-49)71-27-44(67-68-71)33-11-9-32(10-12-33)29-77-52-48(47-31(3)42(59)23-43-39(47)25-62-66-43)41(58)22-38-50(52)64-56(76-20-19-75-4)65-53(38)70-26-36-21-37(70)24-61-36;1-2/h5,7,9-17,22-23,25,30,36-37,44-46,51,61,72H,6,8,18-21,24,26-29H2,1-4H3,(H,62,66)(H,63,73);1-2H3. The molecule has 0 aliphatic carbocycles. The van der Waals surface area contributed by atoms with E-state index in [1.165, 1.54) is 6.07 Å². The molecular weight excluding hydrogens is 1050 g/mol. The van der Waals surface area contributed by atoms with Crippen LogP contribution in [-0.2, 0) is 20.9 Å². The van der Waals surface area contributed by atoms with Crippen LogP contribution in [0.5, 0.6) is 11.8 Å². The number of amides is 2. The zero-order valence-corrected chi connectivity index (χ0v) is 46.6. The van der Waals surface area contributed by atoms with E-state index in [1.807, 2.05) is 82.3 Å². The van der Waals surface area contributed by atoms with Gasteiger partial charge in [-0.15, -0.1) is 0 Å². The summed E-state index contributed by atoms with van der Waals surface area (Å²) >= 11 is 13.7. The number of carbonyl (C=O) groups is 2. The van der Waals surface area contributed by atoms with Crippen molar-refractivity contribution in [3.8, 4) is 34.1 Å². The maximum atomic E-state index is 15.8. The molecule has 7 aromatic rings. The molecule has 4 N–H and O–H groups in total. The molecule has 2 amide bonds. The van der Waals surface area contributed by atoms with Gasteiger partial charge in [0, 0.05) is 72.5 Å². The molecule has 3 fully saturated rings. The third-order valence-electron chi connectivity index (χ3n) is 15.2. The molecule has 6 atom stereocenters. The highest BCUT2D eigenvalue weighted by molar-refractivity contribution is 6.36. The first-order valence-corrected chi connectivity index (χ1v) is 27.7. The number of aliphatic hydroxyl groups excluding tert-OH is 1. The first-order chi connectivity index (χ1) is 38.4. The molecule has 4 aliphatic rings. The molecule has 414 valence electrons. The van der Waals surface area contributed by atoms with Crippen molar-refractivity contribution in [1.29, 1.82) is 0 Å². The summed E-state index contributed by atoms with van der Waals surface area (Å²) in [7, 11) is 1.60. The Hall–Kier alpha value is -7.03. The second-order valence-electron chi connectivity index (χ2n) is 20.4. The lowest BCUT2D eigenvalue weighted by Crippen LogP contribution is -2.54. The minimum Gasteiger partial charge on any atom is -0.486 e. The third kappa shape index (κ3) is 11.2. The first-order valence-electron chi connectivity index (χ1n) is 27.0. The lowest BCUT2D eigenvalue weighted by Gasteiger charge is -2.34. The molecule has 4 aromatic carbocycles. The minimum atomic E-state index is -0.719. The molecule has 6 unspecified atom stereocenters. The van der Waals surface area contributed by atoms with Crippen molar-refractivity contribution in [2.45, 2.75) is 96.7 Å². The summed E-state index contributed by atoms with van der Waals surface area (Å²) in [6, 6.07) is 20.2. The van der Waals surface area contributed by atoms with Crippen LogP contribution in [0.4, 0.5) is 10.2 Å². The Balaban J connectivity index is 0.00000348. The number of likely N-dealkylation sites (tertiary alicyclic amines) is 1. The molecule has 11 rings (SSSR count). The van der Waals surface area contributed by atoms with Crippen LogP contribution < -0.4 is 25.0 Å². The van der Waals surface area contributed by atoms with Crippen molar-refractivity contribution in [3.05, 3.63) is 123 Å². The number of nitrogens with zero attached hydrogens (tertiary/aromatic N) is 9. The fourth-order valence-electron chi connectivity index (χ4n) is 11.3. The van der Waals surface area contributed by atoms with E-state index >= 15 is 4.39 Å². The van der Waals surface area contributed by atoms with Gasteiger partial charge >= 0.3 is 6.01 Å². The second kappa shape index (κ2) is 24.1. The number of anilines is 1. The molecule has 79 heavy (non-hydrogen) atoms. The fraction of sp³-hybridized carbons (Fsp3) is 0.414. The van der Waals surface area contributed by atoms with Gasteiger partial charge in [-0.2, -0.15) is 20.2 Å². The van der Waals surface area contributed by atoms with Gasteiger partial charge in [0.1, 0.15) is 48.5 Å². The van der Waals surface area contributed by atoms with Crippen molar-refractivity contribution >= 4 is 62.6 Å². The maximum Gasteiger partial charge on any atom is 0.319 e. The van der Waals surface area contributed by atoms with Gasteiger partial charge in [-0.1, -0.05) is 105 Å². The van der Waals surface area contributed by atoms with E-state index in [2.05, 4.69) is 41.1 Å². The summed E-state index contributed by atoms with van der Waals surface area (Å²) in [5.41, 5.74) is 6.17. The number of halogens is 3. The summed E-state index contributed by atoms with van der Waals surface area (Å²) in [6.07, 6.45) is 5.44. The molecule has 21 heteroatoms. The number of benzene rings is 4. The molecule has 18 nitrogen and oxygen atoms in total. The summed E-state index contributed by atoms with van der Waals surface area (Å²) in [6.45, 7) is 12.3. The highest BCUT2D eigenvalue weighted by Crippen LogP contribution is 2.49. The Bertz CT molecular complexity index is 3370. The number of aromatic nitrogens is 5. The van der Waals surface area contributed by atoms with Crippen molar-refractivity contribution in [2.24, 2.45) is 16.3 Å². The summed E-state index contributed by atoms with van der Waals surface area (Å²) in [5, 5.41) is 37.3. The van der Waals surface area contributed by atoms with Gasteiger partial charge in [0.05, 0.1) is 53.3 Å². The average Bonchev–Trinajstić information content (AvgIpc) is 4.48. The number of aliphatic hydroxyl groups is 1. The Kier molecular flexibility index (Phi) is 16.9. The van der Waals surface area contributed by atoms with Crippen LogP contribution in [-0.4, -0.2) is 129 Å². The molecule has 0 spiro atoms. The molecule has 0 radical (unpaired) electrons. The van der Waals surface area contributed by atoms with Crippen LogP contribution in [0.3, 0.4) is 0 Å². The number of H-pyrrole nitrogens is 1. The van der Waals surface area contributed by atoms with Crippen molar-refractivity contribution in [2.75, 3.05) is 58.0 Å². The quantitative estimate of drug-likeness (QED) is 0.0591. The van der Waals surface area contributed by atoms with Crippen molar-refractivity contribution in [3.63, 3.8) is 0 Å². The Morgan fingerprint density at radius 3 is 2.47 bits per heavy atom. The molecular formula is C58H65Cl2FN12O6. The number of ether oxygens (including phenoxy) is 3. The van der Waals surface area contributed by atoms with Crippen LogP contribution in [0.15, 0.2) is 95.5 Å². The number of nitrogens with one attached hydrogen (secondary N) is 3. The largest absolute Gasteiger partial charge is 0.486 e. The zero-order valence-electron chi connectivity index (χ0n) is 45.0. The van der Waals surface area contributed by atoms with E-state index in [4.69, 9.17) is 47.4 Å². The summed E-state index contributed by atoms with van der Waals surface area (Å²) < 4.78 is 34.1. The van der Waals surface area contributed by atoms with Crippen LogP contribution in [0.25, 0.3) is 44.2 Å². The highest BCUT2D eigenvalue weighted by atomic mass is 35.5. The lowest BCUT2D eigenvalue weighted by molar-refractivity contribution is -0.144. The van der Waals surface area contributed by atoms with E-state index < -0.39 is 23.9 Å². The number of aromatic amines is 1. The van der Waals surface area contributed by atoms with Crippen LogP contribution in [0.1, 0.15) is 81.3 Å². The van der Waals surface area contributed by atoms with Crippen LogP contribution in [0, 0.1) is 18.7 Å². The van der Waals surface area contributed by atoms with Gasteiger partial charge in [-0.25, -0.2) is 4.39 Å². The molecule has 2 bridgehead atoms. The number of carbonyl (C=O) groups excluding carboxylic acids is 2. The highest BCUT2D eigenvalue weighted by Gasteiger charge is 2.43. The average molecular weight is 1120 g/mol. The van der Waals surface area contributed by atoms with Gasteiger partial charge in [-0.05, 0) is 78.6 Å². The summed E-state index contributed by atoms with van der Waals surface area (Å²) in [5.74, 6) is -0.119. The molecule has 7 heterocycles. The number of hydrogen-bond donors (Lipinski definition) is 4.